The normalized spacial score (nSPS) is 9.82. The lowest BCUT2D eigenvalue weighted by Crippen LogP contribution is -2.49. The Bertz CT molecular complexity index is 345. The van der Waals surface area contributed by atoms with Crippen molar-refractivity contribution in [2.45, 2.75) is 19.8 Å². The topological polar surface area (TPSA) is 67.8 Å². The summed E-state index contributed by atoms with van der Waals surface area (Å²) < 4.78 is 0.966. The van der Waals surface area contributed by atoms with Crippen molar-refractivity contribution in [3.63, 3.8) is 0 Å². The molecule has 0 aromatic heterocycles. The van der Waals surface area contributed by atoms with E-state index >= 15 is 0 Å². The van der Waals surface area contributed by atoms with E-state index in [9.17, 15) is 9.90 Å². The summed E-state index contributed by atoms with van der Waals surface area (Å²) in [5, 5.41) is 10.0. The first-order valence-corrected chi connectivity index (χ1v) is 6.33. The van der Waals surface area contributed by atoms with Crippen LogP contribution in [0.15, 0.2) is 34.8 Å². The van der Waals surface area contributed by atoms with Crippen molar-refractivity contribution in [1.82, 2.24) is 0 Å². The molecule has 0 aliphatic carbocycles. The quantitative estimate of drug-likeness (QED) is 0.850. The van der Waals surface area contributed by atoms with Crippen molar-refractivity contribution in [2.75, 3.05) is 6.54 Å². The Kier molecular flexibility index (Phi) is 9.38. The van der Waals surface area contributed by atoms with E-state index in [1.54, 1.807) is 0 Å². The van der Waals surface area contributed by atoms with Gasteiger partial charge in [-0.15, -0.1) is 0 Å². The Balaban J connectivity index is 0.000000437. The van der Waals surface area contributed by atoms with E-state index in [4.69, 9.17) is 0 Å². The molecular weight excluding hydrogens is 282 g/mol. The third kappa shape index (κ3) is 9.78. The fourth-order valence-corrected chi connectivity index (χ4v) is 1.25. The van der Waals surface area contributed by atoms with E-state index < -0.39 is 5.97 Å². The van der Waals surface area contributed by atoms with Crippen LogP contribution in [0.3, 0.4) is 0 Å². The molecule has 0 bridgehead atoms. The van der Waals surface area contributed by atoms with Crippen LogP contribution in [0.4, 0.5) is 0 Å². The summed E-state index contributed by atoms with van der Waals surface area (Å²) in [6.07, 6.45) is 5.05. The van der Waals surface area contributed by atoms with Crippen LogP contribution < -0.4 is 10.8 Å². The SMILES string of the molecule is CCCC[NH3+].O=C([O-])/C=C/c1ccc(Br)cc1. The smallest absolute Gasteiger partial charge is 0.0739 e. The molecule has 0 unspecified atom stereocenters. The minimum absolute atomic E-state index is 0.836. The maximum absolute atomic E-state index is 10.0. The van der Waals surface area contributed by atoms with E-state index in [0.717, 1.165) is 22.7 Å². The number of rotatable bonds is 4. The molecule has 4 heteroatoms. The highest BCUT2D eigenvalue weighted by Gasteiger charge is 1.86. The highest BCUT2D eigenvalue weighted by Crippen LogP contribution is 2.11. The molecule has 3 N–H and O–H groups in total. The number of carboxylic acid groups (broad SMARTS) is 1. The summed E-state index contributed by atoms with van der Waals surface area (Å²) in [5.74, 6) is -1.18. The van der Waals surface area contributed by atoms with Crippen molar-refractivity contribution < 1.29 is 15.6 Å². The van der Waals surface area contributed by atoms with Crippen molar-refractivity contribution in [3.05, 3.63) is 40.4 Å². The average Bonchev–Trinajstić information content (AvgIpc) is 2.30. The molecule has 0 spiro atoms. The molecule has 0 radical (unpaired) electrons. The van der Waals surface area contributed by atoms with Crippen LogP contribution in [0.2, 0.25) is 0 Å². The molecule has 3 nitrogen and oxygen atoms in total. The van der Waals surface area contributed by atoms with Gasteiger partial charge in [0.2, 0.25) is 0 Å². The van der Waals surface area contributed by atoms with Crippen molar-refractivity contribution >= 4 is 28.0 Å². The summed E-state index contributed by atoms with van der Waals surface area (Å²) >= 11 is 3.27. The van der Waals surface area contributed by atoms with Crippen LogP contribution in [0.5, 0.6) is 0 Å². The lowest BCUT2D eigenvalue weighted by atomic mass is 10.2. The third-order valence-electron chi connectivity index (χ3n) is 1.89. The lowest BCUT2D eigenvalue weighted by molar-refractivity contribution is -0.368. The Morgan fingerprint density at radius 2 is 2.00 bits per heavy atom. The molecule has 0 atom stereocenters. The number of benzene rings is 1. The first kappa shape index (κ1) is 15.9. The molecule has 94 valence electrons. The molecule has 0 aliphatic heterocycles. The summed E-state index contributed by atoms with van der Waals surface area (Å²) in [5.41, 5.74) is 4.51. The minimum Gasteiger partial charge on any atom is -0.545 e. The standard InChI is InChI=1S/C9H7BrO2.C4H11N/c10-8-4-1-7(2-5-8)3-6-9(11)12;1-2-3-4-5/h1-6H,(H,11,12);2-5H2,1H3/b6-3+;. The first-order valence-electron chi connectivity index (χ1n) is 5.54. The van der Waals surface area contributed by atoms with E-state index in [-0.39, 0.29) is 0 Å². The van der Waals surface area contributed by atoms with Gasteiger partial charge in [0, 0.05) is 4.47 Å². The van der Waals surface area contributed by atoms with Crippen LogP contribution in [0.1, 0.15) is 25.3 Å². The van der Waals surface area contributed by atoms with Gasteiger partial charge in [-0.25, -0.2) is 0 Å². The Morgan fingerprint density at radius 3 is 2.35 bits per heavy atom. The van der Waals surface area contributed by atoms with Crippen molar-refractivity contribution in [2.24, 2.45) is 0 Å². The monoisotopic (exact) mass is 299 g/mol. The molecule has 0 saturated heterocycles. The number of carbonyl (C=O) groups excluding carboxylic acids is 1. The molecule has 17 heavy (non-hydrogen) atoms. The highest BCUT2D eigenvalue weighted by molar-refractivity contribution is 9.10. The van der Waals surface area contributed by atoms with Gasteiger partial charge >= 0.3 is 0 Å². The number of hydrogen-bond acceptors (Lipinski definition) is 2. The van der Waals surface area contributed by atoms with Crippen molar-refractivity contribution in [1.29, 1.82) is 0 Å². The zero-order valence-electron chi connectivity index (χ0n) is 9.99. The number of carbonyl (C=O) groups is 1. The Labute approximate surface area is 110 Å². The number of unbranched alkanes of at least 4 members (excludes halogenated alkanes) is 1. The third-order valence-corrected chi connectivity index (χ3v) is 2.41. The zero-order chi connectivity index (χ0) is 13.1. The molecular formula is C13H18BrNO2. The van der Waals surface area contributed by atoms with Crippen LogP contribution in [-0.4, -0.2) is 12.5 Å². The highest BCUT2D eigenvalue weighted by atomic mass is 79.9. The van der Waals surface area contributed by atoms with E-state index in [0.29, 0.717) is 0 Å². The molecule has 0 amide bonds. The van der Waals surface area contributed by atoms with Gasteiger partial charge in [0.1, 0.15) is 0 Å². The van der Waals surface area contributed by atoms with Crippen LogP contribution in [0.25, 0.3) is 6.08 Å². The van der Waals surface area contributed by atoms with Gasteiger partial charge in [0.15, 0.2) is 0 Å². The van der Waals surface area contributed by atoms with Gasteiger partial charge < -0.3 is 15.6 Å². The zero-order valence-corrected chi connectivity index (χ0v) is 11.6. The second-order valence-corrected chi connectivity index (χ2v) is 4.33. The summed E-state index contributed by atoms with van der Waals surface area (Å²) in [6, 6.07) is 7.30. The Morgan fingerprint density at radius 1 is 1.41 bits per heavy atom. The Hall–Kier alpha value is -1.13. The van der Waals surface area contributed by atoms with Crippen molar-refractivity contribution in [3.8, 4) is 0 Å². The molecule has 1 aromatic rings. The van der Waals surface area contributed by atoms with Gasteiger partial charge in [-0.2, -0.15) is 0 Å². The van der Waals surface area contributed by atoms with Gasteiger partial charge in [0.25, 0.3) is 0 Å². The van der Waals surface area contributed by atoms with Gasteiger partial charge in [-0.05, 0) is 30.2 Å². The fourth-order valence-electron chi connectivity index (χ4n) is 0.988. The van der Waals surface area contributed by atoms with Gasteiger partial charge in [0.05, 0.1) is 12.5 Å². The molecule has 1 rings (SSSR count). The summed E-state index contributed by atoms with van der Waals surface area (Å²) in [4.78, 5) is 10.0. The van der Waals surface area contributed by atoms with Gasteiger partial charge in [-0.1, -0.05) is 47.5 Å². The number of aliphatic carboxylic acids is 1. The summed E-state index contributed by atoms with van der Waals surface area (Å²) in [7, 11) is 0. The maximum Gasteiger partial charge on any atom is 0.0739 e. The van der Waals surface area contributed by atoms with E-state index in [1.165, 1.54) is 18.9 Å². The number of halogens is 1. The number of hydrogen-bond donors (Lipinski definition) is 1. The van der Waals surface area contributed by atoms with Crippen LogP contribution >= 0.6 is 15.9 Å². The maximum atomic E-state index is 10.0. The van der Waals surface area contributed by atoms with E-state index in [1.807, 2.05) is 24.3 Å². The molecule has 1 aromatic carbocycles. The first-order chi connectivity index (χ1) is 8.10. The molecule has 0 fully saturated rings. The summed E-state index contributed by atoms with van der Waals surface area (Å²) in [6.45, 7) is 3.27. The number of carboxylic acids is 1. The average molecular weight is 300 g/mol. The lowest BCUT2D eigenvalue weighted by Gasteiger charge is -1.94. The molecule has 0 aliphatic rings. The van der Waals surface area contributed by atoms with Crippen LogP contribution in [-0.2, 0) is 4.79 Å². The second kappa shape index (κ2) is 10.1. The molecule has 0 saturated carbocycles. The fraction of sp³-hybridized carbons (Fsp3) is 0.308. The predicted molar refractivity (Wildman–Crippen MR) is 70.8 cm³/mol. The largest absolute Gasteiger partial charge is 0.545 e. The molecule has 0 heterocycles. The number of quaternary nitrogens is 1. The van der Waals surface area contributed by atoms with E-state index in [2.05, 4.69) is 28.6 Å². The minimum atomic E-state index is -1.18. The van der Waals surface area contributed by atoms with Crippen LogP contribution in [0, 0.1) is 0 Å². The predicted octanol–water partition coefficient (Wildman–Crippen LogP) is 1.24. The second-order valence-electron chi connectivity index (χ2n) is 3.41. The van der Waals surface area contributed by atoms with Gasteiger partial charge in [-0.3, -0.25) is 0 Å².